The molecule has 2 rings (SSSR count). The second-order valence-electron chi connectivity index (χ2n) is 4.27. The zero-order valence-corrected chi connectivity index (χ0v) is 13.5. The van der Waals surface area contributed by atoms with Gasteiger partial charge in [-0.05, 0) is 18.4 Å². The molecule has 0 aliphatic carbocycles. The molecular formula is C13H12F3N3O2S2. The molecule has 23 heavy (non-hydrogen) atoms. The maximum absolute atomic E-state index is 12.8. The summed E-state index contributed by atoms with van der Waals surface area (Å²) in [6.45, 7) is 0. The average molecular weight is 363 g/mol. The van der Waals surface area contributed by atoms with Crippen LogP contribution in [0.5, 0.6) is 0 Å². The van der Waals surface area contributed by atoms with Gasteiger partial charge in [0.2, 0.25) is 11.8 Å². The number of para-hydroxylation sites is 1. The number of nitrogens with zero attached hydrogens (tertiary/aromatic N) is 2. The van der Waals surface area contributed by atoms with Gasteiger partial charge in [-0.3, -0.25) is 4.79 Å². The van der Waals surface area contributed by atoms with Crippen LogP contribution in [0.1, 0.15) is 11.5 Å². The van der Waals surface area contributed by atoms with Crippen molar-refractivity contribution in [3.63, 3.8) is 0 Å². The monoisotopic (exact) mass is 363 g/mol. The van der Waals surface area contributed by atoms with E-state index in [4.69, 9.17) is 4.42 Å². The molecule has 1 heterocycles. The number of benzene rings is 1. The highest BCUT2D eigenvalue weighted by Gasteiger charge is 2.33. The van der Waals surface area contributed by atoms with E-state index in [1.807, 2.05) is 6.26 Å². The van der Waals surface area contributed by atoms with E-state index in [1.54, 1.807) is 0 Å². The van der Waals surface area contributed by atoms with Crippen molar-refractivity contribution in [3.05, 3.63) is 35.7 Å². The molecule has 5 nitrogen and oxygen atoms in total. The Kier molecular flexibility index (Phi) is 5.94. The summed E-state index contributed by atoms with van der Waals surface area (Å²) in [5.41, 5.74) is -1.17. The summed E-state index contributed by atoms with van der Waals surface area (Å²) in [6, 6.07) is 4.80. The molecule has 1 aromatic carbocycles. The van der Waals surface area contributed by atoms with Gasteiger partial charge in [0, 0.05) is 0 Å². The third-order valence-corrected chi connectivity index (χ3v) is 3.90. The number of carbonyl (C=O) groups is 1. The van der Waals surface area contributed by atoms with Crippen LogP contribution in [0.25, 0.3) is 0 Å². The van der Waals surface area contributed by atoms with E-state index < -0.39 is 17.6 Å². The van der Waals surface area contributed by atoms with Crippen LogP contribution in [0.3, 0.4) is 0 Å². The van der Waals surface area contributed by atoms with E-state index in [9.17, 15) is 18.0 Å². The first kappa shape index (κ1) is 17.7. The highest BCUT2D eigenvalue weighted by Crippen LogP contribution is 2.34. The maximum atomic E-state index is 12.8. The Morgan fingerprint density at radius 1 is 1.30 bits per heavy atom. The summed E-state index contributed by atoms with van der Waals surface area (Å²) in [5, 5.41) is 9.97. The fourth-order valence-corrected chi connectivity index (χ4v) is 2.58. The Morgan fingerprint density at radius 2 is 2.04 bits per heavy atom. The molecule has 0 bridgehead atoms. The second kappa shape index (κ2) is 7.73. The van der Waals surface area contributed by atoms with Gasteiger partial charge in [-0.1, -0.05) is 23.9 Å². The first-order valence-corrected chi connectivity index (χ1v) is 8.68. The molecule has 0 aliphatic heterocycles. The van der Waals surface area contributed by atoms with Gasteiger partial charge in [-0.2, -0.15) is 24.9 Å². The first-order valence-electron chi connectivity index (χ1n) is 6.30. The highest BCUT2D eigenvalue weighted by atomic mass is 32.2. The Balaban J connectivity index is 1.95. The van der Waals surface area contributed by atoms with Gasteiger partial charge in [0.1, 0.15) is 0 Å². The smallest absolute Gasteiger partial charge is 0.415 e. The Morgan fingerprint density at radius 3 is 2.74 bits per heavy atom. The first-order chi connectivity index (χ1) is 10.9. The molecule has 0 fully saturated rings. The van der Waals surface area contributed by atoms with Crippen LogP contribution in [0.4, 0.5) is 18.9 Å². The largest absolute Gasteiger partial charge is 0.418 e. The van der Waals surface area contributed by atoms with Crippen molar-refractivity contribution in [1.29, 1.82) is 0 Å². The number of hydrogen-bond donors (Lipinski definition) is 1. The lowest BCUT2D eigenvalue weighted by atomic mass is 10.1. The molecule has 0 saturated heterocycles. The van der Waals surface area contributed by atoms with Crippen LogP contribution in [0.2, 0.25) is 0 Å². The van der Waals surface area contributed by atoms with Gasteiger partial charge in [-0.15, -0.1) is 10.2 Å². The van der Waals surface area contributed by atoms with Crippen molar-refractivity contribution in [3.8, 4) is 0 Å². The summed E-state index contributed by atoms with van der Waals surface area (Å²) in [5.74, 6) is 0.269. The van der Waals surface area contributed by atoms with Crippen LogP contribution >= 0.6 is 23.5 Å². The summed E-state index contributed by atoms with van der Waals surface area (Å²) in [6.07, 6.45) is -2.65. The number of halogens is 3. The Labute approximate surface area is 138 Å². The summed E-state index contributed by atoms with van der Waals surface area (Å²) in [4.78, 5) is 11.8. The summed E-state index contributed by atoms with van der Waals surface area (Å²) < 4.78 is 43.8. The van der Waals surface area contributed by atoms with E-state index in [0.717, 1.165) is 17.8 Å². The molecule has 0 aliphatic rings. The number of aromatic nitrogens is 2. The molecule has 124 valence electrons. The number of carbonyl (C=O) groups excluding carboxylic acids is 1. The van der Waals surface area contributed by atoms with Crippen LogP contribution < -0.4 is 5.32 Å². The molecule has 1 N–H and O–H groups in total. The lowest BCUT2D eigenvalue weighted by Gasteiger charge is -2.13. The van der Waals surface area contributed by atoms with E-state index in [0.29, 0.717) is 11.6 Å². The fraction of sp³-hybridized carbons (Fsp3) is 0.308. The number of hydrogen-bond acceptors (Lipinski definition) is 6. The van der Waals surface area contributed by atoms with Crippen molar-refractivity contribution in [1.82, 2.24) is 10.2 Å². The average Bonchev–Trinajstić information content (AvgIpc) is 2.93. The summed E-state index contributed by atoms with van der Waals surface area (Å²) in [7, 11) is 0. The van der Waals surface area contributed by atoms with Crippen molar-refractivity contribution >= 4 is 35.1 Å². The van der Waals surface area contributed by atoms with Gasteiger partial charge < -0.3 is 9.73 Å². The van der Waals surface area contributed by atoms with Crippen LogP contribution in [0.15, 0.2) is 33.9 Å². The minimum atomic E-state index is -4.53. The number of nitrogens with one attached hydrogen (secondary N) is 1. The maximum Gasteiger partial charge on any atom is 0.418 e. The predicted molar refractivity (Wildman–Crippen MR) is 82.3 cm³/mol. The third-order valence-electron chi connectivity index (χ3n) is 2.55. The van der Waals surface area contributed by atoms with Crippen LogP contribution in [-0.4, -0.2) is 28.1 Å². The van der Waals surface area contributed by atoms with Gasteiger partial charge >= 0.3 is 6.18 Å². The predicted octanol–water partition coefficient (Wildman–Crippen LogP) is 3.68. The van der Waals surface area contributed by atoms with Gasteiger partial charge in [-0.25, -0.2) is 0 Å². The molecular weight excluding hydrogens is 351 g/mol. The van der Waals surface area contributed by atoms with Crippen molar-refractivity contribution in [2.45, 2.75) is 17.2 Å². The second-order valence-corrected chi connectivity index (χ2v) is 6.07. The van der Waals surface area contributed by atoms with E-state index in [2.05, 4.69) is 15.5 Å². The third kappa shape index (κ3) is 5.17. The molecule has 1 aromatic heterocycles. The number of thioether (sulfide) groups is 2. The molecule has 0 spiro atoms. The SMILES string of the molecule is CSCc1nnc(SCC(=O)Nc2ccccc2C(F)(F)F)o1. The lowest BCUT2D eigenvalue weighted by molar-refractivity contribution is -0.137. The standard InChI is InChI=1S/C13H12F3N3O2S2/c1-22-7-11-18-19-12(21-11)23-6-10(20)17-9-5-3-2-4-8(9)13(14,15)16/h2-5H,6-7H2,1H3,(H,17,20). The number of alkyl halides is 3. The van der Waals surface area contributed by atoms with Crippen molar-refractivity contribution < 1.29 is 22.4 Å². The van der Waals surface area contributed by atoms with Crippen molar-refractivity contribution in [2.75, 3.05) is 17.3 Å². The molecule has 0 atom stereocenters. The number of anilines is 1. The fourth-order valence-electron chi connectivity index (χ4n) is 1.63. The highest BCUT2D eigenvalue weighted by molar-refractivity contribution is 7.99. The number of rotatable bonds is 6. The van der Waals surface area contributed by atoms with Crippen LogP contribution in [-0.2, 0) is 16.7 Å². The van der Waals surface area contributed by atoms with Crippen LogP contribution in [0, 0.1) is 0 Å². The molecule has 10 heteroatoms. The quantitative estimate of drug-likeness (QED) is 0.790. The molecule has 0 radical (unpaired) electrons. The van der Waals surface area contributed by atoms with Gasteiger partial charge in [0.15, 0.2) is 0 Å². The minimum Gasteiger partial charge on any atom is -0.415 e. The normalized spacial score (nSPS) is 11.5. The molecule has 2 aromatic rings. The van der Waals surface area contributed by atoms with Crippen molar-refractivity contribution in [2.24, 2.45) is 0 Å². The zero-order valence-electron chi connectivity index (χ0n) is 11.9. The van der Waals surface area contributed by atoms with E-state index in [-0.39, 0.29) is 16.7 Å². The Hall–Kier alpha value is -1.68. The summed E-state index contributed by atoms with van der Waals surface area (Å²) >= 11 is 2.47. The minimum absolute atomic E-state index is 0.132. The lowest BCUT2D eigenvalue weighted by Crippen LogP contribution is -2.18. The Bertz CT molecular complexity index is 676. The van der Waals surface area contributed by atoms with Gasteiger partial charge in [0.25, 0.3) is 5.22 Å². The zero-order chi connectivity index (χ0) is 16.9. The topological polar surface area (TPSA) is 68.0 Å². The van der Waals surface area contributed by atoms with Gasteiger partial charge in [0.05, 0.1) is 22.8 Å². The molecule has 0 unspecified atom stereocenters. The molecule has 0 saturated carbocycles. The molecule has 1 amide bonds. The van der Waals surface area contributed by atoms with E-state index in [1.165, 1.54) is 30.0 Å². The number of amides is 1. The van der Waals surface area contributed by atoms with E-state index >= 15 is 0 Å².